The smallest absolute Gasteiger partial charge is 0.213 e. The van der Waals surface area contributed by atoms with E-state index >= 15 is 0 Å². The van der Waals surface area contributed by atoms with E-state index in [1.807, 2.05) is 55.5 Å². The summed E-state index contributed by atoms with van der Waals surface area (Å²) in [4.78, 5) is 4.51. The Kier molecular flexibility index (Phi) is 9.43. The average Bonchev–Trinajstić information content (AvgIpc) is 2.76. The summed E-state index contributed by atoms with van der Waals surface area (Å²) in [6.45, 7) is 3.54. The van der Waals surface area contributed by atoms with Gasteiger partial charge in [0.05, 0.1) is 26.5 Å². The normalized spacial score (nSPS) is 11.8. The first-order valence-corrected chi connectivity index (χ1v) is 11.4. The third kappa shape index (κ3) is 7.92. The maximum absolute atomic E-state index is 12.2. The molecule has 8 nitrogen and oxygen atoms in total. The van der Waals surface area contributed by atoms with Gasteiger partial charge in [-0.2, -0.15) is 0 Å². The van der Waals surface area contributed by atoms with Crippen molar-refractivity contribution in [3.63, 3.8) is 0 Å². The molecule has 0 saturated carbocycles. The van der Waals surface area contributed by atoms with Crippen LogP contribution in [0.15, 0.2) is 53.5 Å². The number of hydrogen-bond acceptors (Lipinski definition) is 5. The fraction of sp³-hybridized carbons (Fsp3) is 0.381. The minimum Gasteiger partial charge on any atom is -0.493 e. The molecule has 164 valence electrons. The number of benzene rings is 2. The molecule has 0 aliphatic carbocycles. The zero-order valence-electron chi connectivity index (χ0n) is 17.6. The SMILES string of the molecule is CCNC(=NCc1ccc(OC)c(OC)c1)NCCS(=O)(=O)NCc1ccccc1. The van der Waals surface area contributed by atoms with Crippen LogP contribution in [-0.4, -0.2) is 47.4 Å². The summed E-state index contributed by atoms with van der Waals surface area (Å²) in [6, 6.07) is 15.0. The number of methoxy groups -OCH3 is 2. The second kappa shape index (κ2) is 12.0. The lowest BCUT2D eigenvalue weighted by Gasteiger charge is -2.13. The van der Waals surface area contributed by atoms with Crippen molar-refractivity contribution in [2.45, 2.75) is 20.0 Å². The van der Waals surface area contributed by atoms with E-state index in [2.05, 4.69) is 20.3 Å². The molecule has 0 heterocycles. The van der Waals surface area contributed by atoms with Gasteiger partial charge in [0.15, 0.2) is 17.5 Å². The maximum atomic E-state index is 12.2. The van der Waals surface area contributed by atoms with E-state index in [1.54, 1.807) is 14.2 Å². The lowest BCUT2D eigenvalue weighted by atomic mass is 10.2. The molecule has 3 N–H and O–H groups in total. The molecule has 0 bridgehead atoms. The van der Waals surface area contributed by atoms with Crippen molar-refractivity contribution in [2.75, 3.05) is 33.1 Å². The predicted molar refractivity (Wildman–Crippen MR) is 119 cm³/mol. The predicted octanol–water partition coefficient (Wildman–Crippen LogP) is 1.88. The minimum absolute atomic E-state index is 0.0550. The van der Waals surface area contributed by atoms with Crippen LogP contribution in [0.4, 0.5) is 0 Å². The van der Waals surface area contributed by atoms with E-state index in [1.165, 1.54) is 0 Å². The van der Waals surface area contributed by atoms with E-state index in [-0.39, 0.29) is 18.8 Å². The first kappa shape index (κ1) is 23.5. The minimum atomic E-state index is -3.40. The zero-order chi connectivity index (χ0) is 21.8. The number of hydrogen-bond donors (Lipinski definition) is 3. The van der Waals surface area contributed by atoms with E-state index in [0.29, 0.717) is 30.5 Å². The van der Waals surface area contributed by atoms with Gasteiger partial charge in [-0.05, 0) is 30.2 Å². The standard InChI is InChI=1S/C21H30N4O4S/c1-4-22-21(24-15-18-10-11-19(28-2)20(14-18)29-3)23-12-13-30(26,27)25-16-17-8-6-5-7-9-17/h5-11,14,25H,4,12-13,15-16H2,1-3H3,(H2,22,23,24). The van der Waals surface area contributed by atoms with Gasteiger partial charge < -0.3 is 20.1 Å². The highest BCUT2D eigenvalue weighted by Crippen LogP contribution is 2.27. The van der Waals surface area contributed by atoms with Crippen LogP contribution in [0, 0.1) is 0 Å². The van der Waals surface area contributed by atoms with Gasteiger partial charge in [-0.15, -0.1) is 0 Å². The number of ether oxygens (including phenoxy) is 2. The van der Waals surface area contributed by atoms with Crippen LogP contribution >= 0.6 is 0 Å². The van der Waals surface area contributed by atoms with Gasteiger partial charge in [-0.1, -0.05) is 36.4 Å². The molecule has 0 fully saturated rings. The largest absolute Gasteiger partial charge is 0.493 e. The van der Waals surface area contributed by atoms with Crippen LogP contribution in [0.2, 0.25) is 0 Å². The number of aliphatic imine (C=N–C) groups is 1. The lowest BCUT2D eigenvalue weighted by molar-refractivity contribution is 0.354. The molecule has 0 saturated heterocycles. The Morgan fingerprint density at radius 1 is 0.967 bits per heavy atom. The maximum Gasteiger partial charge on any atom is 0.213 e. The molecule has 0 aliphatic heterocycles. The molecule has 0 radical (unpaired) electrons. The molecule has 0 unspecified atom stereocenters. The number of rotatable bonds is 11. The highest BCUT2D eigenvalue weighted by atomic mass is 32.2. The topological polar surface area (TPSA) is 101 Å². The van der Waals surface area contributed by atoms with Crippen LogP contribution < -0.4 is 24.8 Å². The van der Waals surface area contributed by atoms with Gasteiger partial charge in [0.2, 0.25) is 10.0 Å². The van der Waals surface area contributed by atoms with Crippen molar-refractivity contribution in [3.8, 4) is 11.5 Å². The summed E-state index contributed by atoms with van der Waals surface area (Å²) >= 11 is 0. The highest BCUT2D eigenvalue weighted by Gasteiger charge is 2.10. The summed E-state index contributed by atoms with van der Waals surface area (Å²) < 4.78 is 37.6. The second-order valence-electron chi connectivity index (χ2n) is 6.44. The van der Waals surface area contributed by atoms with E-state index in [4.69, 9.17) is 9.47 Å². The molecular weight excluding hydrogens is 404 g/mol. The summed E-state index contributed by atoms with van der Waals surface area (Å²) in [6.07, 6.45) is 0. The Labute approximate surface area is 178 Å². The van der Waals surface area contributed by atoms with Gasteiger partial charge in [0, 0.05) is 19.6 Å². The molecule has 0 aliphatic rings. The third-order valence-corrected chi connectivity index (χ3v) is 5.54. The Morgan fingerprint density at radius 2 is 1.70 bits per heavy atom. The molecule has 2 aromatic rings. The van der Waals surface area contributed by atoms with Gasteiger partial charge in [-0.25, -0.2) is 18.1 Å². The molecule has 2 rings (SSSR count). The van der Waals surface area contributed by atoms with Crippen molar-refractivity contribution in [1.82, 2.24) is 15.4 Å². The van der Waals surface area contributed by atoms with Gasteiger partial charge >= 0.3 is 0 Å². The number of guanidine groups is 1. The first-order valence-electron chi connectivity index (χ1n) is 9.71. The Morgan fingerprint density at radius 3 is 2.37 bits per heavy atom. The molecule has 9 heteroatoms. The highest BCUT2D eigenvalue weighted by molar-refractivity contribution is 7.89. The quantitative estimate of drug-likeness (QED) is 0.369. The Balaban J connectivity index is 1.88. The molecule has 2 aromatic carbocycles. The summed E-state index contributed by atoms with van der Waals surface area (Å²) in [5, 5.41) is 6.18. The lowest BCUT2D eigenvalue weighted by Crippen LogP contribution is -2.41. The molecule has 0 atom stereocenters. The zero-order valence-corrected chi connectivity index (χ0v) is 18.5. The van der Waals surface area contributed by atoms with Crippen LogP contribution in [-0.2, 0) is 23.1 Å². The molecule has 30 heavy (non-hydrogen) atoms. The van der Waals surface area contributed by atoms with Crippen molar-refractivity contribution in [2.24, 2.45) is 4.99 Å². The van der Waals surface area contributed by atoms with Crippen LogP contribution in [0.25, 0.3) is 0 Å². The fourth-order valence-corrected chi connectivity index (χ4v) is 3.56. The van der Waals surface area contributed by atoms with Crippen LogP contribution in [0.1, 0.15) is 18.1 Å². The third-order valence-electron chi connectivity index (χ3n) is 4.21. The van der Waals surface area contributed by atoms with Gasteiger partial charge in [0.1, 0.15) is 0 Å². The molecular formula is C21H30N4O4S. The number of sulfonamides is 1. The summed E-state index contributed by atoms with van der Waals surface area (Å²) in [5.74, 6) is 1.79. The monoisotopic (exact) mass is 434 g/mol. The van der Waals surface area contributed by atoms with Crippen LogP contribution in [0.3, 0.4) is 0 Å². The molecule has 0 amide bonds. The van der Waals surface area contributed by atoms with Crippen molar-refractivity contribution < 1.29 is 17.9 Å². The summed E-state index contributed by atoms with van der Waals surface area (Å²) in [7, 11) is -0.225. The number of nitrogens with one attached hydrogen (secondary N) is 3. The number of nitrogens with zero attached hydrogens (tertiary/aromatic N) is 1. The van der Waals surface area contributed by atoms with E-state index in [9.17, 15) is 8.42 Å². The Hall–Kier alpha value is -2.78. The van der Waals surface area contributed by atoms with Gasteiger partial charge in [0.25, 0.3) is 0 Å². The van der Waals surface area contributed by atoms with Gasteiger partial charge in [-0.3, -0.25) is 0 Å². The van der Waals surface area contributed by atoms with Crippen molar-refractivity contribution >= 4 is 16.0 Å². The van der Waals surface area contributed by atoms with Crippen molar-refractivity contribution in [1.29, 1.82) is 0 Å². The van der Waals surface area contributed by atoms with E-state index in [0.717, 1.165) is 11.1 Å². The van der Waals surface area contributed by atoms with E-state index < -0.39 is 10.0 Å². The summed E-state index contributed by atoms with van der Waals surface area (Å²) in [5.41, 5.74) is 1.86. The molecule has 0 spiro atoms. The molecule has 0 aromatic heterocycles. The average molecular weight is 435 g/mol. The second-order valence-corrected chi connectivity index (χ2v) is 8.36. The Bertz CT molecular complexity index is 918. The van der Waals surface area contributed by atoms with Crippen molar-refractivity contribution in [3.05, 3.63) is 59.7 Å². The fourth-order valence-electron chi connectivity index (χ4n) is 2.66. The van der Waals surface area contributed by atoms with Crippen LogP contribution in [0.5, 0.6) is 11.5 Å². The first-order chi connectivity index (χ1) is 14.5.